The van der Waals surface area contributed by atoms with Crippen molar-refractivity contribution >= 4 is 0 Å². The highest BCUT2D eigenvalue weighted by Gasteiger charge is 2.15. The third-order valence-corrected chi connectivity index (χ3v) is 4.13. The maximum Gasteiger partial charge on any atom is 0.0506 e. The van der Waals surface area contributed by atoms with Crippen LogP contribution >= 0.6 is 0 Å². The van der Waals surface area contributed by atoms with Crippen molar-refractivity contribution in [1.82, 2.24) is 4.90 Å². The average molecular weight is 256 g/mol. The van der Waals surface area contributed by atoms with Crippen molar-refractivity contribution in [1.29, 1.82) is 0 Å². The number of rotatable bonds is 9. The quantitative estimate of drug-likeness (QED) is 0.689. The van der Waals surface area contributed by atoms with Crippen LogP contribution in [0.25, 0.3) is 0 Å². The molecule has 18 heavy (non-hydrogen) atoms. The van der Waals surface area contributed by atoms with E-state index >= 15 is 0 Å². The van der Waals surface area contributed by atoms with Crippen LogP contribution in [0.15, 0.2) is 0 Å². The van der Waals surface area contributed by atoms with Gasteiger partial charge in [-0.25, -0.2) is 0 Å². The van der Waals surface area contributed by atoms with Crippen LogP contribution in [0.3, 0.4) is 0 Å². The standard InChI is InChI=1S/C15H32N2O/c1-3-14(8-9-16)6-4-10-17(2)12-15-7-5-11-18-13-15/h14-15H,3-13,16H2,1-2H3. The van der Waals surface area contributed by atoms with E-state index in [4.69, 9.17) is 10.5 Å². The Labute approximate surface area is 113 Å². The normalized spacial score (nSPS) is 22.3. The van der Waals surface area contributed by atoms with Gasteiger partial charge in [0.1, 0.15) is 0 Å². The first-order valence-corrected chi connectivity index (χ1v) is 7.72. The van der Waals surface area contributed by atoms with Crippen molar-refractivity contribution in [2.45, 2.75) is 45.4 Å². The lowest BCUT2D eigenvalue weighted by Gasteiger charge is -2.27. The fraction of sp³-hybridized carbons (Fsp3) is 1.00. The largest absolute Gasteiger partial charge is 0.381 e. The number of hydrogen-bond donors (Lipinski definition) is 1. The van der Waals surface area contributed by atoms with E-state index in [0.29, 0.717) is 0 Å². The van der Waals surface area contributed by atoms with Crippen molar-refractivity contribution in [3.8, 4) is 0 Å². The molecule has 0 saturated carbocycles. The molecule has 1 heterocycles. The molecule has 1 rings (SSSR count). The zero-order valence-corrected chi connectivity index (χ0v) is 12.4. The van der Waals surface area contributed by atoms with Gasteiger partial charge in [-0.1, -0.05) is 13.3 Å². The van der Waals surface area contributed by atoms with Gasteiger partial charge in [0.2, 0.25) is 0 Å². The Hall–Kier alpha value is -0.120. The van der Waals surface area contributed by atoms with E-state index in [9.17, 15) is 0 Å². The van der Waals surface area contributed by atoms with Crippen LogP contribution < -0.4 is 5.73 Å². The first kappa shape index (κ1) is 15.9. The molecule has 0 bridgehead atoms. The minimum absolute atomic E-state index is 0.759. The fourth-order valence-electron chi connectivity index (χ4n) is 2.92. The average Bonchev–Trinajstić information content (AvgIpc) is 2.39. The molecule has 3 heteroatoms. The molecule has 2 atom stereocenters. The Morgan fingerprint density at radius 3 is 2.83 bits per heavy atom. The van der Waals surface area contributed by atoms with Gasteiger partial charge in [0.25, 0.3) is 0 Å². The van der Waals surface area contributed by atoms with Gasteiger partial charge in [-0.2, -0.15) is 0 Å². The molecule has 2 N–H and O–H groups in total. The maximum atomic E-state index is 5.64. The number of nitrogens with two attached hydrogens (primary N) is 1. The molecular weight excluding hydrogens is 224 g/mol. The SMILES string of the molecule is CCC(CCN)CCCN(C)CC1CCCOC1. The lowest BCUT2D eigenvalue weighted by Crippen LogP contribution is -2.31. The predicted molar refractivity (Wildman–Crippen MR) is 77.7 cm³/mol. The highest BCUT2D eigenvalue weighted by atomic mass is 16.5. The van der Waals surface area contributed by atoms with E-state index in [1.165, 1.54) is 51.6 Å². The van der Waals surface area contributed by atoms with Crippen LogP contribution in [0.4, 0.5) is 0 Å². The molecule has 0 radical (unpaired) electrons. The Balaban J connectivity index is 2.06. The number of hydrogen-bond acceptors (Lipinski definition) is 3. The summed E-state index contributed by atoms with van der Waals surface area (Å²) in [5.41, 5.74) is 5.64. The van der Waals surface area contributed by atoms with Gasteiger partial charge in [0.05, 0.1) is 6.61 Å². The van der Waals surface area contributed by atoms with Gasteiger partial charge in [-0.3, -0.25) is 0 Å². The summed E-state index contributed by atoms with van der Waals surface area (Å²) in [5.74, 6) is 1.59. The molecule has 108 valence electrons. The molecule has 3 nitrogen and oxygen atoms in total. The number of nitrogens with zero attached hydrogens (tertiary/aromatic N) is 1. The molecule has 0 spiro atoms. The number of ether oxygens (including phenoxy) is 1. The summed E-state index contributed by atoms with van der Waals surface area (Å²) >= 11 is 0. The summed E-state index contributed by atoms with van der Waals surface area (Å²) in [6.07, 6.45) is 7.69. The van der Waals surface area contributed by atoms with E-state index in [0.717, 1.165) is 31.6 Å². The zero-order valence-electron chi connectivity index (χ0n) is 12.4. The summed E-state index contributed by atoms with van der Waals surface area (Å²) in [4.78, 5) is 2.48. The lowest BCUT2D eigenvalue weighted by molar-refractivity contribution is 0.0417. The van der Waals surface area contributed by atoms with Crippen molar-refractivity contribution in [2.24, 2.45) is 17.6 Å². The molecule has 0 aromatic carbocycles. The molecule has 1 fully saturated rings. The molecule has 1 saturated heterocycles. The summed E-state index contributed by atoms with van der Waals surface area (Å²) < 4.78 is 5.53. The van der Waals surface area contributed by atoms with Crippen LogP contribution in [0, 0.1) is 11.8 Å². The van der Waals surface area contributed by atoms with Gasteiger partial charge >= 0.3 is 0 Å². The zero-order chi connectivity index (χ0) is 13.2. The fourth-order valence-corrected chi connectivity index (χ4v) is 2.92. The second-order valence-electron chi connectivity index (χ2n) is 5.84. The van der Waals surface area contributed by atoms with E-state index in [-0.39, 0.29) is 0 Å². The molecule has 0 aliphatic carbocycles. The minimum atomic E-state index is 0.759. The first-order chi connectivity index (χ1) is 8.76. The van der Waals surface area contributed by atoms with Crippen LogP contribution in [-0.2, 0) is 4.74 Å². The molecule has 2 unspecified atom stereocenters. The van der Waals surface area contributed by atoms with Crippen molar-refractivity contribution in [3.05, 3.63) is 0 Å². The van der Waals surface area contributed by atoms with Crippen LogP contribution in [-0.4, -0.2) is 44.8 Å². The molecule has 0 amide bonds. The molecule has 1 aliphatic rings. The van der Waals surface area contributed by atoms with Gasteiger partial charge < -0.3 is 15.4 Å². The van der Waals surface area contributed by atoms with Crippen LogP contribution in [0.1, 0.15) is 45.4 Å². The van der Waals surface area contributed by atoms with Crippen molar-refractivity contribution in [3.63, 3.8) is 0 Å². The third kappa shape index (κ3) is 6.72. The summed E-state index contributed by atoms with van der Waals surface area (Å²) in [5, 5.41) is 0. The second kappa shape index (κ2) is 9.76. The summed E-state index contributed by atoms with van der Waals surface area (Å²) in [6, 6.07) is 0. The maximum absolute atomic E-state index is 5.64. The Morgan fingerprint density at radius 1 is 1.39 bits per heavy atom. The Morgan fingerprint density at radius 2 is 2.22 bits per heavy atom. The Bertz CT molecular complexity index is 193. The van der Waals surface area contributed by atoms with Crippen LogP contribution in [0.5, 0.6) is 0 Å². The van der Waals surface area contributed by atoms with Crippen molar-refractivity contribution in [2.75, 3.05) is 39.9 Å². The second-order valence-corrected chi connectivity index (χ2v) is 5.84. The van der Waals surface area contributed by atoms with Crippen LogP contribution in [0.2, 0.25) is 0 Å². The molecule has 0 aromatic heterocycles. The topological polar surface area (TPSA) is 38.5 Å². The van der Waals surface area contributed by atoms with Gasteiger partial charge in [-0.05, 0) is 64.1 Å². The van der Waals surface area contributed by atoms with Gasteiger partial charge in [-0.15, -0.1) is 0 Å². The minimum Gasteiger partial charge on any atom is -0.381 e. The highest BCUT2D eigenvalue weighted by Crippen LogP contribution is 2.17. The molecule has 1 aliphatic heterocycles. The predicted octanol–water partition coefficient (Wildman–Crippen LogP) is 2.50. The first-order valence-electron chi connectivity index (χ1n) is 7.72. The van der Waals surface area contributed by atoms with Crippen molar-refractivity contribution < 1.29 is 4.74 Å². The highest BCUT2D eigenvalue weighted by molar-refractivity contribution is 4.67. The summed E-state index contributed by atoms with van der Waals surface area (Å²) in [6.45, 7) is 7.48. The smallest absolute Gasteiger partial charge is 0.0506 e. The Kier molecular flexibility index (Phi) is 8.64. The van der Waals surface area contributed by atoms with E-state index < -0.39 is 0 Å². The monoisotopic (exact) mass is 256 g/mol. The molecular formula is C15H32N2O. The van der Waals surface area contributed by atoms with E-state index in [1.54, 1.807) is 0 Å². The lowest BCUT2D eigenvalue weighted by atomic mass is 9.96. The van der Waals surface area contributed by atoms with E-state index in [1.807, 2.05) is 0 Å². The van der Waals surface area contributed by atoms with Gasteiger partial charge in [0.15, 0.2) is 0 Å². The molecule has 0 aromatic rings. The van der Waals surface area contributed by atoms with E-state index in [2.05, 4.69) is 18.9 Å². The third-order valence-electron chi connectivity index (χ3n) is 4.13. The summed E-state index contributed by atoms with van der Waals surface area (Å²) in [7, 11) is 2.25. The van der Waals surface area contributed by atoms with Gasteiger partial charge in [0, 0.05) is 13.2 Å².